The Balaban J connectivity index is 2.55. The van der Waals surface area contributed by atoms with E-state index >= 15 is 0 Å². The van der Waals surface area contributed by atoms with Gasteiger partial charge in [0.1, 0.15) is 0 Å². The molecule has 0 aliphatic heterocycles. The number of aliphatic imine (C=N–C) groups is 1. The van der Waals surface area contributed by atoms with E-state index in [1.807, 2.05) is 31.2 Å². The predicted octanol–water partition coefficient (Wildman–Crippen LogP) is 0.613. The van der Waals surface area contributed by atoms with E-state index in [0.717, 1.165) is 11.3 Å². The Morgan fingerprint density at radius 2 is 2.11 bits per heavy atom. The van der Waals surface area contributed by atoms with Crippen molar-refractivity contribution in [3.8, 4) is 0 Å². The highest BCUT2D eigenvalue weighted by atomic mass is 32.2. The molecule has 6 nitrogen and oxygen atoms in total. The summed E-state index contributed by atoms with van der Waals surface area (Å²) in [6, 6.07) is 7.68. The van der Waals surface area contributed by atoms with Gasteiger partial charge in [-0.2, -0.15) is 0 Å². The van der Waals surface area contributed by atoms with Crippen molar-refractivity contribution >= 4 is 21.7 Å². The molecule has 0 unspecified atom stereocenters. The van der Waals surface area contributed by atoms with Crippen molar-refractivity contribution in [2.45, 2.75) is 6.92 Å². The Kier molecular flexibility index (Phi) is 5.31. The fourth-order valence-electron chi connectivity index (χ4n) is 1.37. The lowest BCUT2D eigenvalue weighted by molar-refractivity contribution is 0.521. The van der Waals surface area contributed by atoms with Crippen LogP contribution in [0.4, 0.5) is 5.69 Å². The molecule has 106 valence electrons. The third-order valence-electron chi connectivity index (χ3n) is 2.48. The van der Waals surface area contributed by atoms with Crippen LogP contribution in [-0.4, -0.2) is 45.1 Å². The summed E-state index contributed by atoms with van der Waals surface area (Å²) in [4.78, 5) is 3.99. The zero-order valence-electron chi connectivity index (χ0n) is 11.4. The second-order valence-electron chi connectivity index (χ2n) is 4.36. The van der Waals surface area contributed by atoms with Crippen LogP contribution in [0.5, 0.6) is 0 Å². The van der Waals surface area contributed by atoms with E-state index < -0.39 is 10.0 Å². The quantitative estimate of drug-likeness (QED) is 0.612. The molecule has 0 heterocycles. The number of rotatable bonds is 5. The van der Waals surface area contributed by atoms with Gasteiger partial charge in [0.15, 0.2) is 5.96 Å². The SMILES string of the molecule is Cc1cccc(NC(N)=NCCS(=O)(=O)N(C)C)c1. The molecule has 0 spiro atoms. The molecular formula is C12H20N4O2S. The van der Waals surface area contributed by atoms with Gasteiger partial charge < -0.3 is 11.1 Å². The molecule has 0 atom stereocenters. The van der Waals surface area contributed by atoms with Crippen molar-refractivity contribution in [2.75, 3.05) is 31.7 Å². The van der Waals surface area contributed by atoms with Gasteiger partial charge in [-0.3, -0.25) is 4.99 Å². The van der Waals surface area contributed by atoms with Crippen molar-refractivity contribution in [3.63, 3.8) is 0 Å². The van der Waals surface area contributed by atoms with Crippen LogP contribution in [0, 0.1) is 6.92 Å². The molecule has 0 radical (unpaired) electrons. The number of nitrogens with zero attached hydrogens (tertiary/aromatic N) is 2. The highest BCUT2D eigenvalue weighted by Gasteiger charge is 2.12. The number of guanidine groups is 1. The van der Waals surface area contributed by atoms with E-state index in [1.165, 1.54) is 18.4 Å². The zero-order chi connectivity index (χ0) is 14.5. The van der Waals surface area contributed by atoms with E-state index in [1.54, 1.807) is 0 Å². The average molecular weight is 284 g/mol. The maximum Gasteiger partial charge on any atom is 0.215 e. The summed E-state index contributed by atoms with van der Waals surface area (Å²) in [5.41, 5.74) is 7.63. The van der Waals surface area contributed by atoms with Crippen LogP contribution in [0.1, 0.15) is 5.56 Å². The number of benzene rings is 1. The van der Waals surface area contributed by atoms with Crippen molar-refractivity contribution in [1.29, 1.82) is 0 Å². The summed E-state index contributed by atoms with van der Waals surface area (Å²) in [6.07, 6.45) is 0. The van der Waals surface area contributed by atoms with Crippen LogP contribution in [-0.2, 0) is 10.0 Å². The van der Waals surface area contributed by atoms with E-state index in [0.29, 0.717) is 0 Å². The Hall–Kier alpha value is -1.60. The van der Waals surface area contributed by atoms with Gasteiger partial charge >= 0.3 is 0 Å². The third-order valence-corrected chi connectivity index (χ3v) is 4.29. The highest BCUT2D eigenvalue weighted by Crippen LogP contribution is 2.08. The van der Waals surface area contributed by atoms with Gasteiger partial charge in [-0.25, -0.2) is 12.7 Å². The molecule has 1 aromatic carbocycles. The summed E-state index contributed by atoms with van der Waals surface area (Å²) in [5.74, 6) is 0.149. The lowest BCUT2D eigenvalue weighted by Gasteiger charge is -2.10. The minimum atomic E-state index is -3.23. The molecule has 0 saturated heterocycles. The van der Waals surface area contributed by atoms with Gasteiger partial charge in [0.05, 0.1) is 12.3 Å². The molecule has 1 aromatic rings. The summed E-state index contributed by atoms with van der Waals surface area (Å²) >= 11 is 0. The molecule has 7 heteroatoms. The average Bonchev–Trinajstić information content (AvgIpc) is 2.28. The molecular weight excluding hydrogens is 264 g/mol. The monoisotopic (exact) mass is 284 g/mol. The number of hydrogen-bond donors (Lipinski definition) is 2. The first-order valence-electron chi connectivity index (χ1n) is 5.85. The van der Waals surface area contributed by atoms with E-state index in [9.17, 15) is 8.42 Å². The van der Waals surface area contributed by atoms with Gasteiger partial charge in [-0.1, -0.05) is 12.1 Å². The lowest BCUT2D eigenvalue weighted by atomic mass is 10.2. The van der Waals surface area contributed by atoms with Gasteiger partial charge in [0.25, 0.3) is 0 Å². The van der Waals surface area contributed by atoms with Crippen LogP contribution >= 0.6 is 0 Å². The summed E-state index contributed by atoms with van der Waals surface area (Å²) in [5, 5.41) is 2.92. The third kappa shape index (κ3) is 5.27. The van der Waals surface area contributed by atoms with Gasteiger partial charge in [-0.15, -0.1) is 0 Å². The second kappa shape index (κ2) is 6.53. The normalized spacial score (nSPS) is 12.7. The Bertz CT molecular complexity index is 553. The number of aryl methyl sites for hydroxylation is 1. The fraction of sp³-hybridized carbons (Fsp3) is 0.417. The van der Waals surface area contributed by atoms with E-state index in [2.05, 4.69) is 10.3 Å². The second-order valence-corrected chi connectivity index (χ2v) is 6.66. The van der Waals surface area contributed by atoms with Crippen molar-refractivity contribution < 1.29 is 8.42 Å². The Labute approximate surface area is 114 Å². The topological polar surface area (TPSA) is 87.8 Å². The first kappa shape index (κ1) is 15.5. The Morgan fingerprint density at radius 3 is 2.68 bits per heavy atom. The number of sulfonamides is 1. The van der Waals surface area contributed by atoms with Crippen molar-refractivity contribution in [1.82, 2.24) is 4.31 Å². The van der Waals surface area contributed by atoms with Crippen LogP contribution in [0.3, 0.4) is 0 Å². The standard InChI is InChI=1S/C12H20N4O2S/c1-10-5-4-6-11(9-10)15-12(13)14-7-8-19(17,18)16(2)3/h4-6,9H,7-8H2,1-3H3,(H3,13,14,15). The number of anilines is 1. The van der Waals surface area contributed by atoms with Crippen LogP contribution in [0.2, 0.25) is 0 Å². The van der Waals surface area contributed by atoms with Gasteiger partial charge in [0, 0.05) is 19.8 Å². The first-order valence-corrected chi connectivity index (χ1v) is 7.46. The molecule has 0 aliphatic carbocycles. The predicted molar refractivity (Wildman–Crippen MR) is 78.8 cm³/mol. The number of nitrogens with one attached hydrogen (secondary N) is 1. The van der Waals surface area contributed by atoms with E-state index in [4.69, 9.17) is 5.73 Å². The molecule has 0 amide bonds. The molecule has 0 aromatic heterocycles. The van der Waals surface area contributed by atoms with Gasteiger partial charge in [-0.05, 0) is 24.6 Å². The minimum Gasteiger partial charge on any atom is -0.370 e. The van der Waals surface area contributed by atoms with Crippen molar-refractivity contribution in [2.24, 2.45) is 10.7 Å². The zero-order valence-corrected chi connectivity index (χ0v) is 12.2. The maximum atomic E-state index is 11.5. The Morgan fingerprint density at radius 1 is 1.42 bits per heavy atom. The van der Waals surface area contributed by atoms with Crippen molar-refractivity contribution in [3.05, 3.63) is 29.8 Å². The molecule has 1 rings (SSSR count). The first-order chi connectivity index (χ1) is 8.81. The summed E-state index contributed by atoms with van der Waals surface area (Å²) in [7, 11) is -0.244. The van der Waals surface area contributed by atoms with Crippen LogP contribution in [0.15, 0.2) is 29.3 Å². The molecule has 0 fully saturated rings. The number of hydrogen-bond acceptors (Lipinski definition) is 3. The molecule has 19 heavy (non-hydrogen) atoms. The van der Waals surface area contributed by atoms with Gasteiger partial charge in [0.2, 0.25) is 10.0 Å². The largest absolute Gasteiger partial charge is 0.370 e. The molecule has 0 saturated carbocycles. The summed E-state index contributed by atoms with van der Waals surface area (Å²) < 4.78 is 24.2. The maximum absolute atomic E-state index is 11.5. The van der Waals surface area contributed by atoms with E-state index in [-0.39, 0.29) is 18.3 Å². The lowest BCUT2D eigenvalue weighted by Crippen LogP contribution is -2.28. The summed E-state index contributed by atoms with van der Waals surface area (Å²) in [6.45, 7) is 2.10. The highest BCUT2D eigenvalue weighted by molar-refractivity contribution is 7.89. The minimum absolute atomic E-state index is 0.0593. The molecule has 0 aliphatic rings. The fourth-order valence-corrected chi connectivity index (χ4v) is 2.06. The van der Waals surface area contributed by atoms with Crippen LogP contribution < -0.4 is 11.1 Å². The smallest absolute Gasteiger partial charge is 0.215 e. The molecule has 0 bridgehead atoms. The number of nitrogens with two attached hydrogens (primary N) is 1. The molecule has 3 N–H and O–H groups in total. The van der Waals surface area contributed by atoms with Crippen LogP contribution in [0.25, 0.3) is 0 Å².